The van der Waals surface area contributed by atoms with Gasteiger partial charge in [0.15, 0.2) is 7.26 Å². The van der Waals surface area contributed by atoms with E-state index in [9.17, 15) is 13.0 Å². The number of hydrogen-bond acceptors (Lipinski definition) is 3. The third-order valence-corrected chi connectivity index (χ3v) is 13.7. The van der Waals surface area contributed by atoms with Gasteiger partial charge in [0.2, 0.25) is 0 Å². The van der Waals surface area contributed by atoms with Gasteiger partial charge < -0.3 is 4.55 Å². The molecule has 0 aliphatic rings. The second-order valence-corrected chi connectivity index (χ2v) is 19.3. The Balaban J connectivity index is 2.45. The topological polar surface area (TPSA) is 57.2 Å². The van der Waals surface area contributed by atoms with E-state index < -0.39 is 19.3 Å². The lowest BCUT2D eigenvalue weighted by molar-refractivity contribution is 0.463. The van der Waals surface area contributed by atoms with Gasteiger partial charge in [-0.1, -0.05) is 42.5 Å². The molecule has 0 aliphatic carbocycles. The van der Waals surface area contributed by atoms with Crippen LogP contribution in [0.4, 0.5) is 0 Å². The van der Waals surface area contributed by atoms with E-state index in [4.69, 9.17) is 0 Å². The van der Waals surface area contributed by atoms with Gasteiger partial charge in [-0.25, -0.2) is 8.42 Å². The third-order valence-electron chi connectivity index (χ3n) is 4.16. The Hall–Kier alpha value is -0.560. The van der Waals surface area contributed by atoms with Crippen LogP contribution in [0.5, 0.6) is 0 Å². The molecule has 3 aromatic carbocycles. The highest BCUT2D eigenvalue weighted by molar-refractivity contribution is 9.42. The summed E-state index contributed by atoms with van der Waals surface area (Å²) in [6.07, 6.45) is 0. The van der Waals surface area contributed by atoms with Gasteiger partial charge in [-0.15, -0.1) is 0 Å². The predicted octanol–water partition coefficient (Wildman–Crippen LogP) is 4.68. The first kappa shape index (κ1) is 21.2. The van der Waals surface area contributed by atoms with Crippen LogP contribution >= 0.6 is 55.1 Å². The number of hydrogen-bond donors (Lipinski definition) is 0. The smallest absolute Gasteiger partial charge is 0.252 e. The van der Waals surface area contributed by atoms with E-state index in [1.165, 1.54) is 12.1 Å². The first-order valence-corrected chi connectivity index (χ1v) is 13.4. The second-order valence-electron chi connectivity index (χ2n) is 5.76. The number of alkyl halides is 3. The summed E-state index contributed by atoms with van der Waals surface area (Å²) < 4.78 is 34.2. The van der Waals surface area contributed by atoms with Crippen LogP contribution < -0.4 is 15.9 Å². The van der Waals surface area contributed by atoms with Crippen LogP contribution in [0.1, 0.15) is 0 Å². The van der Waals surface area contributed by atoms with Crippen molar-refractivity contribution >= 4 is 81.1 Å². The summed E-state index contributed by atoms with van der Waals surface area (Å²) in [6.45, 7) is 0. The maximum Gasteiger partial charge on any atom is 0.252 e. The molecule has 3 nitrogen and oxygen atoms in total. The lowest BCUT2D eigenvalue weighted by atomic mass is 10.3. The molecule has 0 saturated heterocycles. The molecule has 0 unspecified atom stereocenters. The van der Waals surface area contributed by atoms with Crippen molar-refractivity contribution < 1.29 is 13.0 Å². The molecule has 0 heterocycles. The number of rotatable bonds is 4. The van der Waals surface area contributed by atoms with E-state index in [2.05, 4.69) is 47.8 Å². The van der Waals surface area contributed by atoms with E-state index in [-0.39, 0.29) is 4.90 Å². The molecule has 0 aromatic heterocycles. The fourth-order valence-electron chi connectivity index (χ4n) is 3.04. The average Bonchev–Trinajstić information content (AvgIpc) is 2.63. The largest absolute Gasteiger partial charge is 0.744 e. The molecule has 0 bridgehead atoms. The fourth-order valence-corrected chi connectivity index (χ4v) is 12.8. The summed E-state index contributed by atoms with van der Waals surface area (Å²) in [4.78, 5) is -0.243. The first-order chi connectivity index (χ1) is 12.7. The Labute approximate surface area is 184 Å². The molecular formula is C19H14Br3O3PS. The average molecular weight is 593 g/mol. The zero-order valence-corrected chi connectivity index (χ0v) is 20.3. The first-order valence-electron chi connectivity index (χ1n) is 7.81. The van der Waals surface area contributed by atoms with Gasteiger partial charge in [0.1, 0.15) is 26.0 Å². The van der Waals surface area contributed by atoms with Crippen molar-refractivity contribution in [1.82, 2.24) is 0 Å². The zero-order chi connectivity index (χ0) is 19.7. The minimum atomic E-state index is -4.57. The van der Waals surface area contributed by atoms with Crippen LogP contribution in [-0.4, -0.2) is 14.9 Å². The normalized spacial score (nSPS) is 12.7. The van der Waals surface area contributed by atoms with Crippen LogP contribution in [0.2, 0.25) is 0 Å². The summed E-state index contributed by atoms with van der Waals surface area (Å²) in [5.41, 5.74) is 0. The maximum absolute atomic E-state index is 11.7. The van der Waals surface area contributed by atoms with Gasteiger partial charge >= 0.3 is 0 Å². The highest BCUT2D eigenvalue weighted by Gasteiger charge is 2.60. The summed E-state index contributed by atoms with van der Waals surface area (Å²) in [5, 5.41) is 2.78. The SMILES string of the molecule is O=S(=O)([O-])c1cccc([P+](c2ccccc2)(c2ccccc2)C(Br)(Br)Br)c1. The van der Waals surface area contributed by atoms with Crippen LogP contribution in [0, 0.1) is 0 Å². The van der Waals surface area contributed by atoms with Crippen molar-refractivity contribution in [1.29, 1.82) is 0 Å². The Kier molecular flexibility index (Phi) is 6.31. The van der Waals surface area contributed by atoms with Crippen LogP contribution in [0.25, 0.3) is 0 Å². The minimum absolute atomic E-state index is 0.243. The molecule has 140 valence electrons. The lowest BCUT2D eigenvalue weighted by Gasteiger charge is -2.34. The summed E-state index contributed by atoms with van der Waals surface area (Å²) in [7, 11) is -7.06. The number of halogens is 3. The molecular weight excluding hydrogens is 579 g/mol. The maximum atomic E-state index is 11.7. The van der Waals surface area contributed by atoms with E-state index in [1.807, 2.05) is 66.7 Å². The Bertz CT molecular complexity index is 997. The Morgan fingerprint density at radius 3 is 1.56 bits per heavy atom. The molecule has 0 N–H and O–H groups in total. The predicted molar refractivity (Wildman–Crippen MR) is 123 cm³/mol. The molecule has 0 spiro atoms. The van der Waals surface area contributed by atoms with Crippen molar-refractivity contribution in [2.75, 3.05) is 0 Å². The van der Waals surface area contributed by atoms with E-state index in [0.717, 1.165) is 15.9 Å². The van der Waals surface area contributed by atoms with Crippen molar-refractivity contribution in [3.05, 3.63) is 84.9 Å². The van der Waals surface area contributed by atoms with Gasteiger partial charge in [-0.3, -0.25) is 0 Å². The fraction of sp³-hybridized carbons (Fsp3) is 0.0526. The Morgan fingerprint density at radius 1 is 0.704 bits per heavy atom. The summed E-state index contributed by atoms with van der Waals surface area (Å²) >= 11 is 11.2. The molecule has 3 rings (SSSR count). The molecule has 8 heteroatoms. The molecule has 0 fully saturated rings. The second kappa shape index (κ2) is 8.05. The van der Waals surface area contributed by atoms with Crippen LogP contribution in [-0.2, 0) is 10.1 Å². The lowest BCUT2D eigenvalue weighted by Crippen LogP contribution is -2.38. The van der Waals surface area contributed by atoms with Crippen molar-refractivity contribution in [3.63, 3.8) is 0 Å². The quantitative estimate of drug-likeness (QED) is 0.251. The van der Waals surface area contributed by atoms with Crippen molar-refractivity contribution in [2.45, 2.75) is 6.78 Å². The molecule has 0 amide bonds. The molecule has 0 atom stereocenters. The van der Waals surface area contributed by atoms with Crippen LogP contribution in [0.15, 0.2) is 89.8 Å². The van der Waals surface area contributed by atoms with Gasteiger partial charge in [0, 0.05) is 0 Å². The minimum Gasteiger partial charge on any atom is -0.744 e. The van der Waals surface area contributed by atoms with Gasteiger partial charge in [0.05, 0.1) is 4.90 Å². The molecule has 0 saturated carbocycles. The molecule has 27 heavy (non-hydrogen) atoms. The standard InChI is InChI=1S/C19H14Br3O3PS/c20-19(21,22)26(15-8-3-1-4-9-15,16-10-5-2-6-11-16)17-12-7-13-18(14-17)27(23,24)25/h1-14H. The summed E-state index contributed by atoms with van der Waals surface area (Å²) in [6, 6.07) is 26.0. The molecule has 0 aliphatic heterocycles. The molecule has 0 radical (unpaired) electrons. The van der Waals surface area contributed by atoms with E-state index >= 15 is 0 Å². The zero-order valence-electron chi connectivity index (χ0n) is 13.8. The van der Waals surface area contributed by atoms with E-state index in [0.29, 0.717) is 0 Å². The van der Waals surface area contributed by atoms with Crippen LogP contribution in [0.3, 0.4) is 0 Å². The van der Waals surface area contributed by atoms with Crippen molar-refractivity contribution in [2.24, 2.45) is 0 Å². The van der Waals surface area contributed by atoms with E-state index in [1.54, 1.807) is 6.07 Å². The number of benzene rings is 3. The Morgan fingerprint density at radius 2 is 1.15 bits per heavy atom. The third kappa shape index (κ3) is 4.09. The van der Waals surface area contributed by atoms with Gasteiger partial charge in [0.25, 0.3) is 1.88 Å². The highest BCUT2D eigenvalue weighted by Crippen LogP contribution is 2.74. The highest BCUT2D eigenvalue weighted by atomic mass is 80.0. The monoisotopic (exact) mass is 590 g/mol. The van der Waals surface area contributed by atoms with Gasteiger partial charge in [-0.05, 0) is 90.3 Å². The van der Waals surface area contributed by atoms with Gasteiger partial charge in [-0.2, -0.15) is 0 Å². The van der Waals surface area contributed by atoms with Crippen molar-refractivity contribution in [3.8, 4) is 0 Å². The summed E-state index contributed by atoms with van der Waals surface area (Å²) in [5.74, 6) is 0. The molecule has 3 aromatic rings.